The van der Waals surface area contributed by atoms with Crippen molar-refractivity contribution < 1.29 is 15.0 Å². The predicted molar refractivity (Wildman–Crippen MR) is 72.0 cm³/mol. The van der Waals surface area contributed by atoms with E-state index in [1.165, 1.54) is 18.2 Å². The highest BCUT2D eigenvalue weighted by molar-refractivity contribution is 5.95. The van der Waals surface area contributed by atoms with Crippen molar-refractivity contribution in [2.75, 3.05) is 13.6 Å². The Morgan fingerprint density at radius 3 is 2.74 bits per heavy atom. The van der Waals surface area contributed by atoms with Gasteiger partial charge < -0.3 is 20.8 Å². The summed E-state index contributed by atoms with van der Waals surface area (Å²) in [4.78, 5) is 14.1. The second-order valence-electron chi connectivity index (χ2n) is 5.11. The van der Waals surface area contributed by atoms with E-state index in [9.17, 15) is 15.0 Å². The molecule has 5 heteroatoms. The van der Waals surface area contributed by atoms with Crippen LogP contribution >= 0.6 is 0 Å². The van der Waals surface area contributed by atoms with E-state index in [0.717, 1.165) is 19.3 Å². The van der Waals surface area contributed by atoms with Crippen LogP contribution in [0.5, 0.6) is 11.5 Å². The molecule has 0 radical (unpaired) electrons. The fourth-order valence-electron chi connectivity index (χ4n) is 2.81. The topological polar surface area (TPSA) is 86.8 Å². The van der Waals surface area contributed by atoms with E-state index in [2.05, 4.69) is 0 Å². The molecule has 2 atom stereocenters. The third kappa shape index (κ3) is 2.66. The minimum Gasteiger partial charge on any atom is -0.504 e. The molecule has 4 N–H and O–H groups in total. The van der Waals surface area contributed by atoms with E-state index in [-0.39, 0.29) is 23.4 Å². The van der Waals surface area contributed by atoms with Gasteiger partial charge in [-0.25, -0.2) is 0 Å². The van der Waals surface area contributed by atoms with Crippen LogP contribution in [0.4, 0.5) is 0 Å². The molecule has 1 saturated carbocycles. The van der Waals surface area contributed by atoms with Gasteiger partial charge in [-0.15, -0.1) is 0 Å². The van der Waals surface area contributed by atoms with Gasteiger partial charge in [-0.3, -0.25) is 4.79 Å². The van der Waals surface area contributed by atoms with Gasteiger partial charge >= 0.3 is 0 Å². The smallest absolute Gasteiger partial charge is 0.253 e. The number of nitrogens with zero attached hydrogens (tertiary/aromatic N) is 1. The number of aromatic hydroxyl groups is 2. The zero-order valence-corrected chi connectivity index (χ0v) is 11.0. The number of hydrogen-bond donors (Lipinski definition) is 3. The van der Waals surface area contributed by atoms with Gasteiger partial charge in [-0.1, -0.05) is 6.42 Å². The van der Waals surface area contributed by atoms with Crippen molar-refractivity contribution in [3.05, 3.63) is 23.8 Å². The van der Waals surface area contributed by atoms with Crippen LogP contribution < -0.4 is 5.73 Å². The summed E-state index contributed by atoms with van der Waals surface area (Å²) in [6.07, 6.45) is 3.11. The number of nitrogens with two attached hydrogens (primary N) is 1. The molecule has 0 bridgehead atoms. The van der Waals surface area contributed by atoms with Crippen molar-refractivity contribution >= 4 is 5.91 Å². The first-order chi connectivity index (χ1) is 9.04. The molecule has 0 aromatic heterocycles. The van der Waals surface area contributed by atoms with Crippen molar-refractivity contribution in [2.24, 2.45) is 11.7 Å². The highest BCUT2D eigenvalue weighted by Gasteiger charge is 2.32. The van der Waals surface area contributed by atoms with Crippen molar-refractivity contribution in [1.29, 1.82) is 0 Å². The van der Waals surface area contributed by atoms with Crippen molar-refractivity contribution in [3.8, 4) is 11.5 Å². The summed E-state index contributed by atoms with van der Waals surface area (Å²) < 4.78 is 0. The zero-order chi connectivity index (χ0) is 14.0. The summed E-state index contributed by atoms with van der Waals surface area (Å²) in [5.74, 6) is -0.304. The average molecular weight is 264 g/mol. The van der Waals surface area contributed by atoms with Gasteiger partial charge in [0.15, 0.2) is 11.5 Å². The van der Waals surface area contributed by atoms with Gasteiger partial charge in [0.25, 0.3) is 5.91 Å². The van der Waals surface area contributed by atoms with Crippen LogP contribution in [0.15, 0.2) is 18.2 Å². The van der Waals surface area contributed by atoms with Crippen LogP contribution in [0.1, 0.15) is 29.6 Å². The number of amides is 1. The van der Waals surface area contributed by atoms with E-state index >= 15 is 0 Å². The van der Waals surface area contributed by atoms with Crippen molar-refractivity contribution in [1.82, 2.24) is 4.90 Å². The molecule has 1 fully saturated rings. The Balaban J connectivity index is 2.16. The second kappa shape index (κ2) is 5.48. The number of phenolic OH excluding ortho intramolecular Hbond substituents is 2. The minimum atomic E-state index is -0.277. The molecule has 2 rings (SSSR count). The molecule has 0 spiro atoms. The van der Waals surface area contributed by atoms with Crippen LogP contribution in [-0.4, -0.2) is 40.7 Å². The van der Waals surface area contributed by atoms with Crippen LogP contribution in [0.2, 0.25) is 0 Å². The first-order valence-electron chi connectivity index (χ1n) is 6.53. The van der Waals surface area contributed by atoms with Gasteiger partial charge in [-0.05, 0) is 43.5 Å². The molecule has 104 valence electrons. The lowest BCUT2D eigenvalue weighted by Gasteiger charge is -2.29. The molecule has 0 saturated heterocycles. The summed E-state index contributed by atoms with van der Waals surface area (Å²) in [7, 11) is 1.77. The van der Waals surface area contributed by atoms with Gasteiger partial charge in [-0.2, -0.15) is 0 Å². The van der Waals surface area contributed by atoms with E-state index in [0.29, 0.717) is 18.0 Å². The Morgan fingerprint density at radius 2 is 2.11 bits per heavy atom. The Hall–Kier alpha value is -1.75. The van der Waals surface area contributed by atoms with Crippen LogP contribution in [0, 0.1) is 5.92 Å². The molecular weight excluding hydrogens is 244 g/mol. The fourth-order valence-corrected chi connectivity index (χ4v) is 2.81. The molecule has 1 aliphatic carbocycles. The zero-order valence-electron chi connectivity index (χ0n) is 11.0. The molecule has 0 aliphatic heterocycles. The molecule has 1 amide bonds. The monoisotopic (exact) mass is 264 g/mol. The molecular formula is C14H20N2O3. The van der Waals surface area contributed by atoms with Gasteiger partial charge in [0.1, 0.15) is 0 Å². The molecule has 1 aromatic rings. The van der Waals surface area contributed by atoms with Gasteiger partial charge in [0, 0.05) is 18.7 Å². The quantitative estimate of drug-likeness (QED) is 0.718. The number of carbonyl (C=O) groups is 1. The maximum absolute atomic E-state index is 12.3. The van der Waals surface area contributed by atoms with E-state index in [1.54, 1.807) is 11.9 Å². The van der Waals surface area contributed by atoms with E-state index in [4.69, 9.17) is 5.73 Å². The molecule has 1 aliphatic rings. The van der Waals surface area contributed by atoms with Crippen LogP contribution in [0.25, 0.3) is 0 Å². The van der Waals surface area contributed by atoms with Crippen LogP contribution in [-0.2, 0) is 0 Å². The molecule has 19 heavy (non-hydrogen) atoms. The summed E-state index contributed by atoms with van der Waals surface area (Å²) in [5, 5.41) is 18.7. The van der Waals surface area contributed by atoms with Gasteiger partial charge in [0.2, 0.25) is 0 Å². The standard InChI is InChI=1S/C14H20N2O3/c1-16(11-4-2-3-10(11)8-15)14(19)9-5-6-12(17)13(18)7-9/h5-7,10-11,17-18H,2-4,8,15H2,1H3. The maximum Gasteiger partial charge on any atom is 0.253 e. The number of rotatable bonds is 3. The summed E-state index contributed by atoms with van der Waals surface area (Å²) in [5.41, 5.74) is 6.11. The van der Waals surface area contributed by atoms with E-state index in [1.807, 2.05) is 0 Å². The Kier molecular flexibility index (Phi) is 3.95. The molecule has 0 heterocycles. The van der Waals surface area contributed by atoms with E-state index < -0.39 is 0 Å². The third-order valence-electron chi connectivity index (χ3n) is 3.96. The largest absolute Gasteiger partial charge is 0.504 e. The predicted octanol–water partition coefficient (Wildman–Crippen LogP) is 1.30. The normalized spacial score (nSPS) is 22.4. The summed E-state index contributed by atoms with van der Waals surface area (Å²) >= 11 is 0. The molecule has 2 unspecified atom stereocenters. The lowest BCUT2D eigenvalue weighted by atomic mass is 10.0. The van der Waals surface area contributed by atoms with Crippen LogP contribution in [0.3, 0.4) is 0 Å². The Bertz CT molecular complexity index is 476. The number of phenols is 2. The lowest BCUT2D eigenvalue weighted by Crippen LogP contribution is -2.41. The van der Waals surface area contributed by atoms with Crippen molar-refractivity contribution in [3.63, 3.8) is 0 Å². The fraction of sp³-hybridized carbons (Fsp3) is 0.500. The first kappa shape index (κ1) is 13.7. The molecule has 5 nitrogen and oxygen atoms in total. The Morgan fingerprint density at radius 1 is 1.37 bits per heavy atom. The number of hydrogen-bond acceptors (Lipinski definition) is 4. The maximum atomic E-state index is 12.3. The number of carbonyl (C=O) groups excluding carboxylic acids is 1. The molecule has 1 aromatic carbocycles. The summed E-state index contributed by atoms with van der Waals surface area (Å²) in [6, 6.07) is 4.29. The number of benzene rings is 1. The first-order valence-corrected chi connectivity index (χ1v) is 6.53. The third-order valence-corrected chi connectivity index (χ3v) is 3.96. The average Bonchev–Trinajstić information content (AvgIpc) is 2.88. The minimum absolute atomic E-state index is 0.152. The van der Waals surface area contributed by atoms with Gasteiger partial charge in [0.05, 0.1) is 0 Å². The SMILES string of the molecule is CN(C(=O)c1ccc(O)c(O)c1)C1CCCC1CN. The second-order valence-corrected chi connectivity index (χ2v) is 5.11. The van der Waals surface area contributed by atoms with Crippen molar-refractivity contribution in [2.45, 2.75) is 25.3 Å². The Labute approximate surface area is 112 Å². The highest BCUT2D eigenvalue weighted by Crippen LogP contribution is 2.30. The lowest BCUT2D eigenvalue weighted by molar-refractivity contribution is 0.0699. The summed E-state index contributed by atoms with van der Waals surface area (Å²) in [6.45, 7) is 0.586. The highest BCUT2D eigenvalue weighted by atomic mass is 16.3.